The monoisotopic (exact) mass is 356 g/mol. The van der Waals surface area contributed by atoms with Gasteiger partial charge in [0.25, 0.3) is 0 Å². The average Bonchev–Trinajstić information content (AvgIpc) is 2.94. The molecule has 1 aliphatic rings. The molecule has 5 nitrogen and oxygen atoms in total. The van der Waals surface area contributed by atoms with E-state index in [0.29, 0.717) is 16.3 Å². The summed E-state index contributed by atoms with van der Waals surface area (Å²) >= 11 is 0. The van der Waals surface area contributed by atoms with Crippen molar-refractivity contribution < 1.29 is 27.5 Å². The Kier molecular flexibility index (Phi) is 5.71. The van der Waals surface area contributed by atoms with E-state index < -0.39 is 24.5 Å². The molecule has 1 atom stereocenters. The van der Waals surface area contributed by atoms with Gasteiger partial charge in [0, 0.05) is 25.2 Å². The van der Waals surface area contributed by atoms with Crippen LogP contribution in [0.2, 0.25) is 0 Å². The summed E-state index contributed by atoms with van der Waals surface area (Å²) in [6, 6.07) is 6.68. The van der Waals surface area contributed by atoms with Crippen LogP contribution in [-0.4, -0.2) is 49.6 Å². The van der Waals surface area contributed by atoms with Crippen molar-refractivity contribution in [1.29, 1.82) is 0 Å². The molecule has 0 spiro atoms. The van der Waals surface area contributed by atoms with Crippen molar-refractivity contribution in [2.75, 3.05) is 31.6 Å². The first-order chi connectivity index (χ1) is 11.7. The highest BCUT2D eigenvalue weighted by Crippen LogP contribution is 2.28. The lowest BCUT2D eigenvalue weighted by Gasteiger charge is -2.25. The van der Waals surface area contributed by atoms with Gasteiger partial charge in [-0.1, -0.05) is 6.08 Å². The third-order valence-electron chi connectivity index (χ3n) is 3.89. The Bertz CT molecular complexity index is 644. The number of halogens is 3. The number of hydrogen-bond donors (Lipinski definition) is 0. The molecule has 2 rings (SSSR count). The third-order valence-corrected chi connectivity index (χ3v) is 3.89. The molecule has 1 aromatic carbocycles. The lowest BCUT2D eigenvalue weighted by Crippen LogP contribution is -2.43. The number of rotatable bonds is 6. The van der Waals surface area contributed by atoms with Crippen LogP contribution in [0.15, 0.2) is 36.9 Å². The first kappa shape index (κ1) is 18.8. The van der Waals surface area contributed by atoms with Crippen LogP contribution in [0.1, 0.15) is 6.42 Å². The topological polar surface area (TPSA) is 49.9 Å². The number of amides is 2. The van der Waals surface area contributed by atoms with E-state index in [-0.39, 0.29) is 25.4 Å². The molecule has 1 aromatic rings. The minimum atomic E-state index is -4.50. The maximum atomic E-state index is 12.6. The molecule has 1 saturated heterocycles. The zero-order valence-corrected chi connectivity index (χ0v) is 13.8. The second-order valence-electron chi connectivity index (χ2n) is 5.73. The number of ether oxygens (including phenoxy) is 1. The summed E-state index contributed by atoms with van der Waals surface area (Å²) in [7, 11) is 1.51. The molecule has 0 aromatic heterocycles. The van der Waals surface area contributed by atoms with Crippen LogP contribution in [0.5, 0.6) is 5.75 Å². The van der Waals surface area contributed by atoms with Crippen LogP contribution < -0.4 is 9.64 Å². The van der Waals surface area contributed by atoms with E-state index in [4.69, 9.17) is 4.74 Å². The van der Waals surface area contributed by atoms with Crippen molar-refractivity contribution in [2.45, 2.75) is 12.6 Å². The van der Waals surface area contributed by atoms with Crippen LogP contribution in [0, 0.1) is 5.92 Å². The van der Waals surface area contributed by atoms with E-state index in [1.807, 2.05) is 0 Å². The fraction of sp³-hybridized carbons (Fsp3) is 0.412. The number of hydrogen-bond acceptors (Lipinski definition) is 3. The van der Waals surface area contributed by atoms with Crippen molar-refractivity contribution >= 4 is 17.5 Å². The maximum absolute atomic E-state index is 12.6. The maximum Gasteiger partial charge on any atom is 0.406 e. The molecule has 1 aliphatic heterocycles. The molecule has 0 aliphatic carbocycles. The number of nitrogens with zero attached hydrogens (tertiary/aromatic N) is 2. The molecule has 2 amide bonds. The molecular formula is C17H19F3N2O3. The van der Waals surface area contributed by atoms with Crippen molar-refractivity contribution in [3.63, 3.8) is 0 Å². The Morgan fingerprint density at radius 3 is 2.56 bits per heavy atom. The summed E-state index contributed by atoms with van der Waals surface area (Å²) in [5.74, 6) is -1.18. The first-order valence-corrected chi connectivity index (χ1v) is 7.66. The van der Waals surface area contributed by atoms with Gasteiger partial charge in [-0.2, -0.15) is 13.2 Å². The van der Waals surface area contributed by atoms with E-state index in [9.17, 15) is 22.8 Å². The Labute approximate surface area is 143 Å². The van der Waals surface area contributed by atoms with Crippen LogP contribution in [0.25, 0.3) is 0 Å². The molecular weight excluding hydrogens is 337 g/mol. The number of benzene rings is 1. The standard InChI is InChI=1S/C17H19F3N2O3/c1-3-8-21(11-17(18,19)20)16(24)12-9-15(23)22(10-12)13-4-6-14(25-2)7-5-13/h3-7,12H,1,8-11H2,2H3. The third kappa shape index (κ3) is 4.74. The zero-order chi connectivity index (χ0) is 18.6. The summed E-state index contributed by atoms with van der Waals surface area (Å²) in [6.45, 7) is 1.86. The van der Waals surface area contributed by atoms with Gasteiger partial charge in [-0.05, 0) is 24.3 Å². The fourth-order valence-corrected chi connectivity index (χ4v) is 2.75. The predicted octanol–water partition coefficient (Wildman–Crippen LogP) is 2.63. The number of anilines is 1. The van der Waals surface area contributed by atoms with E-state index in [1.54, 1.807) is 24.3 Å². The van der Waals surface area contributed by atoms with E-state index in [1.165, 1.54) is 18.1 Å². The van der Waals surface area contributed by atoms with E-state index in [2.05, 4.69) is 6.58 Å². The summed E-state index contributed by atoms with van der Waals surface area (Å²) in [5.41, 5.74) is 0.576. The Balaban J connectivity index is 2.11. The lowest BCUT2D eigenvalue weighted by atomic mass is 10.1. The van der Waals surface area contributed by atoms with Gasteiger partial charge in [0.1, 0.15) is 12.3 Å². The van der Waals surface area contributed by atoms with Gasteiger partial charge in [0.05, 0.1) is 13.0 Å². The van der Waals surface area contributed by atoms with Crippen molar-refractivity contribution in [3.05, 3.63) is 36.9 Å². The zero-order valence-electron chi connectivity index (χ0n) is 13.8. The summed E-state index contributed by atoms with van der Waals surface area (Å²) in [5, 5.41) is 0. The van der Waals surface area contributed by atoms with Gasteiger partial charge in [-0.15, -0.1) is 6.58 Å². The second kappa shape index (κ2) is 7.58. The normalized spacial score (nSPS) is 17.5. The highest BCUT2D eigenvalue weighted by atomic mass is 19.4. The highest BCUT2D eigenvalue weighted by molar-refractivity contribution is 6.00. The van der Waals surface area contributed by atoms with Gasteiger partial charge in [0.15, 0.2) is 0 Å². The SMILES string of the molecule is C=CCN(CC(F)(F)F)C(=O)C1CC(=O)N(c2ccc(OC)cc2)C1. The highest BCUT2D eigenvalue weighted by Gasteiger charge is 2.40. The molecule has 0 radical (unpaired) electrons. The van der Waals surface area contributed by atoms with Crippen molar-refractivity contribution in [2.24, 2.45) is 5.92 Å². The van der Waals surface area contributed by atoms with Gasteiger partial charge < -0.3 is 14.5 Å². The molecule has 136 valence electrons. The average molecular weight is 356 g/mol. The van der Waals surface area contributed by atoms with Crippen LogP contribution >= 0.6 is 0 Å². The summed E-state index contributed by atoms with van der Waals surface area (Å²) in [4.78, 5) is 26.7. The number of alkyl halides is 3. The fourth-order valence-electron chi connectivity index (χ4n) is 2.75. The van der Waals surface area contributed by atoms with Gasteiger partial charge >= 0.3 is 6.18 Å². The van der Waals surface area contributed by atoms with Gasteiger partial charge in [-0.3, -0.25) is 9.59 Å². The number of methoxy groups -OCH3 is 1. The molecule has 1 heterocycles. The van der Waals surface area contributed by atoms with E-state index in [0.717, 1.165) is 0 Å². The molecule has 8 heteroatoms. The molecule has 25 heavy (non-hydrogen) atoms. The van der Waals surface area contributed by atoms with Crippen molar-refractivity contribution in [1.82, 2.24) is 4.90 Å². The first-order valence-electron chi connectivity index (χ1n) is 7.66. The number of carbonyl (C=O) groups is 2. The van der Waals surface area contributed by atoms with Crippen LogP contribution in [0.4, 0.5) is 18.9 Å². The Hall–Kier alpha value is -2.51. The smallest absolute Gasteiger partial charge is 0.406 e. The Morgan fingerprint density at radius 2 is 2.04 bits per heavy atom. The van der Waals surface area contributed by atoms with Gasteiger partial charge in [-0.25, -0.2) is 0 Å². The quantitative estimate of drug-likeness (QED) is 0.737. The largest absolute Gasteiger partial charge is 0.497 e. The van der Waals surface area contributed by atoms with Crippen LogP contribution in [-0.2, 0) is 9.59 Å². The second-order valence-corrected chi connectivity index (χ2v) is 5.73. The lowest BCUT2D eigenvalue weighted by molar-refractivity contribution is -0.162. The molecule has 0 saturated carbocycles. The minimum Gasteiger partial charge on any atom is -0.497 e. The van der Waals surface area contributed by atoms with Gasteiger partial charge in [0.2, 0.25) is 11.8 Å². The molecule has 1 unspecified atom stereocenters. The predicted molar refractivity (Wildman–Crippen MR) is 86.3 cm³/mol. The molecule has 1 fully saturated rings. The molecule has 0 bridgehead atoms. The summed E-state index contributed by atoms with van der Waals surface area (Å²) in [6.07, 6.45) is -3.38. The van der Waals surface area contributed by atoms with E-state index >= 15 is 0 Å². The van der Waals surface area contributed by atoms with Crippen LogP contribution in [0.3, 0.4) is 0 Å². The molecule has 0 N–H and O–H groups in total. The Morgan fingerprint density at radius 1 is 1.40 bits per heavy atom. The summed E-state index contributed by atoms with van der Waals surface area (Å²) < 4.78 is 43.0. The minimum absolute atomic E-state index is 0.0511. The number of carbonyl (C=O) groups excluding carboxylic acids is 2. The van der Waals surface area contributed by atoms with Crippen molar-refractivity contribution in [3.8, 4) is 5.75 Å².